The average molecular weight is 209 g/mol. The molecule has 0 aliphatic carbocycles. The van der Waals surface area contributed by atoms with Crippen LogP contribution in [0.4, 0.5) is 4.39 Å². The summed E-state index contributed by atoms with van der Waals surface area (Å²) in [5.74, 6) is -0.202. The molecule has 1 atom stereocenters. The Bertz CT molecular complexity index is 417. The van der Waals surface area contributed by atoms with Crippen LogP contribution in [0.15, 0.2) is 12.1 Å². The third-order valence-corrected chi connectivity index (χ3v) is 2.66. The fraction of sp³-hybridized carbons (Fsp3) is 0.364. The maximum atomic E-state index is 13.5. The number of fused-ring (bicyclic) bond motifs is 1. The van der Waals surface area contributed by atoms with Crippen LogP contribution in [0.2, 0.25) is 0 Å². The third-order valence-electron chi connectivity index (χ3n) is 2.66. The number of halogens is 1. The number of carbonyl (C=O) groups is 1. The van der Waals surface area contributed by atoms with E-state index >= 15 is 0 Å². The van der Waals surface area contributed by atoms with E-state index in [1.54, 1.807) is 6.07 Å². The standard InChI is InChI=1S/C11H12FNO2/c1-6-5-13-11(14)10-7(12)3-4-8(15-2)9(6)10/h3-4,6H,5H2,1-2H3,(H,13,14). The van der Waals surface area contributed by atoms with Crippen molar-refractivity contribution >= 4 is 5.91 Å². The zero-order valence-corrected chi connectivity index (χ0v) is 8.63. The van der Waals surface area contributed by atoms with Crippen molar-refractivity contribution < 1.29 is 13.9 Å². The van der Waals surface area contributed by atoms with Crippen molar-refractivity contribution in [2.24, 2.45) is 0 Å². The second-order valence-corrected chi connectivity index (χ2v) is 3.65. The van der Waals surface area contributed by atoms with Crippen molar-refractivity contribution in [2.75, 3.05) is 13.7 Å². The lowest BCUT2D eigenvalue weighted by Gasteiger charge is -2.24. The molecule has 0 saturated carbocycles. The van der Waals surface area contributed by atoms with E-state index in [0.717, 1.165) is 0 Å². The van der Waals surface area contributed by atoms with Crippen LogP contribution in [0.25, 0.3) is 0 Å². The number of ether oxygens (including phenoxy) is 1. The summed E-state index contributed by atoms with van der Waals surface area (Å²) in [6.07, 6.45) is 0. The summed E-state index contributed by atoms with van der Waals surface area (Å²) < 4.78 is 18.6. The molecule has 1 aromatic carbocycles. The summed E-state index contributed by atoms with van der Waals surface area (Å²) in [5, 5.41) is 2.65. The molecule has 0 bridgehead atoms. The van der Waals surface area contributed by atoms with Gasteiger partial charge in [0, 0.05) is 18.0 Å². The highest BCUT2D eigenvalue weighted by Crippen LogP contribution is 2.33. The molecule has 1 N–H and O–H groups in total. The van der Waals surface area contributed by atoms with Gasteiger partial charge in [0.1, 0.15) is 11.6 Å². The van der Waals surface area contributed by atoms with Crippen LogP contribution >= 0.6 is 0 Å². The Balaban J connectivity index is 2.68. The van der Waals surface area contributed by atoms with E-state index < -0.39 is 5.82 Å². The topological polar surface area (TPSA) is 38.3 Å². The molecule has 80 valence electrons. The smallest absolute Gasteiger partial charge is 0.254 e. The van der Waals surface area contributed by atoms with Gasteiger partial charge in [-0.15, -0.1) is 0 Å². The van der Waals surface area contributed by atoms with Crippen LogP contribution in [-0.2, 0) is 0 Å². The second-order valence-electron chi connectivity index (χ2n) is 3.65. The number of amides is 1. The molecule has 1 amide bonds. The highest BCUT2D eigenvalue weighted by molar-refractivity contribution is 5.98. The maximum Gasteiger partial charge on any atom is 0.254 e. The summed E-state index contributed by atoms with van der Waals surface area (Å²) in [4.78, 5) is 11.5. The summed E-state index contributed by atoms with van der Waals surface area (Å²) in [7, 11) is 1.52. The minimum absolute atomic E-state index is 0.0725. The molecule has 0 aromatic heterocycles. The molecule has 3 nitrogen and oxygen atoms in total. The third kappa shape index (κ3) is 1.46. The highest BCUT2D eigenvalue weighted by Gasteiger charge is 2.28. The molecule has 1 aliphatic heterocycles. The molecule has 1 unspecified atom stereocenters. The minimum Gasteiger partial charge on any atom is -0.496 e. The van der Waals surface area contributed by atoms with E-state index in [2.05, 4.69) is 5.32 Å². The number of nitrogens with one attached hydrogen (secondary N) is 1. The monoisotopic (exact) mass is 209 g/mol. The second kappa shape index (κ2) is 3.53. The Kier molecular flexibility index (Phi) is 2.34. The first-order valence-corrected chi connectivity index (χ1v) is 4.79. The van der Waals surface area contributed by atoms with Gasteiger partial charge in [-0.2, -0.15) is 0 Å². The molecule has 15 heavy (non-hydrogen) atoms. The molecule has 0 fully saturated rings. The maximum absolute atomic E-state index is 13.5. The van der Waals surface area contributed by atoms with E-state index in [9.17, 15) is 9.18 Å². The van der Waals surface area contributed by atoms with Gasteiger partial charge in [-0.3, -0.25) is 4.79 Å². The van der Waals surface area contributed by atoms with Crippen LogP contribution in [-0.4, -0.2) is 19.6 Å². The first kappa shape index (κ1) is 9.96. The van der Waals surface area contributed by atoms with E-state index in [1.165, 1.54) is 13.2 Å². The van der Waals surface area contributed by atoms with E-state index in [-0.39, 0.29) is 17.4 Å². The van der Waals surface area contributed by atoms with Gasteiger partial charge in [-0.1, -0.05) is 6.92 Å². The van der Waals surface area contributed by atoms with Crippen molar-refractivity contribution in [2.45, 2.75) is 12.8 Å². The van der Waals surface area contributed by atoms with Crippen LogP contribution < -0.4 is 10.1 Å². The number of hydrogen-bond acceptors (Lipinski definition) is 2. The number of methoxy groups -OCH3 is 1. The largest absolute Gasteiger partial charge is 0.496 e. The van der Waals surface area contributed by atoms with Crippen molar-refractivity contribution in [3.8, 4) is 5.75 Å². The quantitative estimate of drug-likeness (QED) is 0.764. The zero-order chi connectivity index (χ0) is 11.0. The van der Waals surface area contributed by atoms with Gasteiger partial charge in [-0.05, 0) is 12.1 Å². The Labute approximate surface area is 87.2 Å². The SMILES string of the molecule is COc1ccc(F)c2c1C(C)CNC2=O. The van der Waals surface area contributed by atoms with Crippen LogP contribution in [0.3, 0.4) is 0 Å². The summed E-state index contributed by atoms with van der Waals surface area (Å²) >= 11 is 0. The van der Waals surface area contributed by atoms with E-state index in [0.29, 0.717) is 17.9 Å². The molecule has 0 saturated heterocycles. The Morgan fingerprint density at radius 3 is 2.93 bits per heavy atom. The lowest BCUT2D eigenvalue weighted by atomic mass is 9.90. The van der Waals surface area contributed by atoms with Gasteiger partial charge in [0.25, 0.3) is 5.91 Å². The van der Waals surface area contributed by atoms with Crippen LogP contribution in [0.1, 0.15) is 28.8 Å². The summed E-state index contributed by atoms with van der Waals surface area (Å²) in [5.41, 5.74) is 0.786. The fourth-order valence-electron chi connectivity index (χ4n) is 1.91. The summed E-state index contributed by atoms with van der Waals surface area (Å²) in [6, 6.07) is 2.82. The van der Waals surface area contributed by atoms with Gasteiger partial charge in [0.05, 0.1) is 12.7 Å². The Morgan fingerprint density at radius 2 is 2.27 bits per heavy atom. The molecule has 4 heteroatoms. The molecule has 1 aliphatic rings. The van der Waals surface area contributed by atoms with Crippen molar-refractivity contribution in [3.05, 3.63) is 29.1 Å². The highest BCUT2D eigenvalue weighted by atomic mass is 19.1. The Hall–Kier alpha value is -1.58. The number of benzene rings is 1. The Morgan fingerprint density at radius 1 is 1.53 bits per heavy atom. The predicted molar refractivity (Wildman–Crippen MR) is 53.7 cm³/mol. The van der Waals surface area contributed by atoms with Crippen molar-refractivity contribution in [1.82, 2.24) is 5.32 Å². The normalized spacial score (nSPS) is 19.4. The molecule has 1 heterocycles. The molecule has 0 spiro atoms. The first-order chi connectivity index (χ1) is 7.15. The molecular weight excluding hydrogens is 197 g/mol. The number of rotatable bonds is 1. The average Bonchev–Trinajstić information content (AvgIpc) is 2.23. The van der Waals surface area contributed by atoms with E-state index in [1.807, 2.05) is 6.92 Å². The first-order valence-electron chi connectivity index (χ1n) is 4.79. The van der Waals surface area contributed by atoms with Gasteiger partial charge < -0.3 is 10.1 Å². The minimum atomic E-state index is -0.491. The molecule has 0 radical (unpaired) electrons. The lowest BCUT2D eigenvalue weighted by Crippen LogP contribution is -2.35. The van der Waals surface area contributed by atoms with Gasteiger partial charge in [0.2, 0.25) is 0 Å². The van der Waals surface area contributed by atoms with Crippen LogP contribution in [0, 0.1) is 5.82 Å². The number of carbonyl (C=O) groups excluding carboxylic acids is 1. The van der Waals surface area contributed by atoms with Gasteiger partial charge in [-0.25, -0.2) is 4.39 Å². The molecule has 2 rings (SSSR count). The van der Waals surface area contributed by atoms with E-state index in [4.69, 9.17) is 4.74 Å². The van der Waals surface area contributed by atoms with Gasteiger partial charge >= 0.3 is 0 Å². The van der Waals surface area contributed by atoms with Crippen molar-refractivity contribution in [1.29, 1.82) is 0 Å². The lowest BCUT2D eigenvalue weighted by molar-refractivity contribution is 0.0935. The summed E-state index contributed by atoms with van der Waals surface area (Å²) in [6.45, 7) is 2.45. The molecule has 1 aromatic rings. The van der Waals surface area contributed by atoms with Crippen molar-refractivity contribution in [3.63, 3.8) is 0 Å². The fourth-order valence-corrected chi connectivity index (χ4v) is 1.91. The van der Waals surface area contributed by atoms with Crippen LogP contribution in [0.5, 0.6) is 5.75 Å². The number of hydrogen-bond donors (Lipinski definition) is 1. The molecular formula is C11H12FNO2. The predicted octanol–water partition coefficient (Wildman–Crippen LogP) is 1.68. The zero-order valence-electron chi connectivity index (χ0n) is 8.63. The van der Waals surface area contributed by atoms with Gasteiger partial charge in [0.15, 0.2) is 0 Å².